The smallest absolute Gasteiger partial charge is 0.249 e. The number of nitrogens with zero attached hydrogens (tertiary/aromatic N) is 1. The molecule has 0 spiro atoms. The average Bonchev–Trinajstić information content (AvgIpc) is 2.73. The van der Waals surface area contributed by atoms with Gasteiger partial charge in [0, 0.05) is 25.6 Å². The molecule has 5 nitrogen and oxygen atoms in total. The average molecular weight is 415 g/mol. The van der Waals surface area contributed by atoms with Crippen LogP contribution in [0, 0.1) is 0 Å². The summed E-state index contributed by atoms with van der Waals surface area (Å²) in [5.74, 6) is 1.22. The molecule has 29 heavy (non-hydrogen) atoms. The molecule has 0 fully saturated rings. The lowest BCUT2D eigenvalue weighted by Crippen LogP contribution is -2.48. The summed E-state index contributed by atoms with van der Waals surface area (Å²) in [4.78, 5) is 27.0. The molecular formula is C23H30N2O3S. The van der Waals surface area contributed by atoms with Gasteiger partial charge in [-0.25, -0.2) is 0 Å². The van der Waals surface area contributed by atoms with Gasteiger partial charge in [-0.1, -0.05) is 31.2 Å². The molecule has 0 saturated heterocycles. The highest BCUT2D eigenvalue weighted by Gasteiger charge is 2.25. The first kappa shape index (κ1) is 22.8. The number of rotatable bonds is 10. The van der Waals surface area contributed by atoms with Gasteiger partial charge in [-0.3, -0.25) is 9.59 Å². The lowest BCUT2D eigenvalue weighted by atomic mass is 10.0. The normalized spacial score (nSPS) is 11.6. The fourth-order valence-electron chi connectivity index (χ4n) is 3.14. The number of carbonyl (C=O) groups excluding carboxylic acids is 2. The van der Waals surface area contributed by atoms with E-state index in [0.717, 1.165) is 35.6 Å². The number of methoxy groups -OCH3 is 1. The molecule has 1 atom stereocenters. The summed E-state index contributed by atoms with van der Waals surface area (Å²) < 4.78 is 5.18. The molecule has 0 bridgehead atoms. The molecule has 0 saturated carbocycles. The lowest BCUT2D eigenvalue weighted by molar-refractivity contribution is -0.127. The third-order valence-electron chi connectivity index (χ3n) is 4.73. The van der Waals surface area contributed by atoms with Crippen LogP contribution in [0.25, 0.3) is 0 Å². The van der Waals surface area contributed by atoms with Crippen LogP contribution in [0.1, 0.15) is 30.9 Å². The van der Waals surface area contributed by atoms with Gasteiger partial charge < -0.3 is 15.0 Å². The minimum atomic E-state index is -0.632. The first-order valence-corrected chi connectivity index (χ1v) is 10.5. The van der Waals surface area contributed by atoms with Crippen LogP contribution in [-0.2, 0) is 22.4 Å². The van der Waals surface area contributed by atoms with Crippen molar-refractivity contribution in [1.29, 1.82) is 0 Å². The van der Waals surface area contributed by atoms with Gasteiger partial charge in [0.25, 0.3) is 0 Å². The molecule has 2 amide bonds. The highest BCUT2D eigenvalue weighted by Crippen LogP contribution is 2.20. The van der Waals surface area contributed by atoms with Gasteiger partial charge in [0.05, 0.1) is 7.11 Å². The van der Waals surface area contributed by atoms with Crippen LogP contribution < -0.4 is 15.0 Å². The molecule has 2 aromatic carbocycles. The summed E-state index contributed by atoms with van der Waals surface area (Å²) in [6.45, 7) is 1.95. The predicted molar refractivity (Wildman–Crippen MR) is 121 cm³/mol. The van der Waals surface area contributed by atoms with Gasteiger partial charge in [-0.15, -0.1) is 0 Å². The number of thiol groups is 1. The Kier molecular flexibility index (Phi) is 9.06. The van der Waals surface area contributed by atoms with Crippen molar-refractivity contribution in [3.8, 4) is 5.75 Å². The van der Waals surface area contributed by atoms with E-state index >= 15 is 0 Å². The Bertz CT molecular complexity index is 808. The van der Waals surface area contributed by atoms with Crippen molar-refractivity contribution in [2.45, 2.75) is 38.6 Å². The molecule has 1 N–H and O–H groups in total. The zero-order chi connectivity index (χ0) is 21.2. The Balaban J connectivity index is 2.22. The van der Waals surface area contributed by atoms with E-state index in [0.29, 0.717) is 12.8 Å². The van der Waals surface area contributed by atoms with Crippen molar-refractivity contribution < 1.29 is 14.3 Å². The number of benzene rings is 2. The zero-order valence-electron chi connectivity index (χ0n) is 17.4. The second kappa shape index (κ2) is 11.5. The number of aryl methyl sites for hydroxylation is 1. The Morgan fingerprint density at radius 3 is 2.45 bits per heavy atom. The van der Waals surface area contributed by atoms with Crippen molar-refractivity contribution in [3.63, 3.8) is 0 Å². The Labute approximate surface area is 178 Å². The fraction of sp³-hybridized carbons (Fsp3) is 0.391. The Morgan fingerprint density at radius 2 is 1.83 bits per heavy atom. The van der Waals surface area contributed by atoms with Crippen molar-refractivity contribution in [3.05, 3.63) is 59.7 Å². The summed E-state index contributed by atoms with van der Waals surface area (Å²) in [6, 6.07) is 14.7. The topological polar surface area (TPSA) is 58.6 Å². The SMILES string of the molecule is CCCC(=O)N[C@@H](Cc1cccc(CCS)c1)C(=O)N(C)c1ccc(OC)cc1. The minimum absolute atomic E-state index is 0.111. The summed E-state index contributed by atoms with van der Waals surface area (Å²) >= 11 is 4.29. The zero-order valence-corrected chi connectivity index (χ0v) is 18.2. The van der Waals surface area contributed by atoms with Gasteiger partial charge >= 0.3 is 0 Å². The van der Waals surface area contributed by atoms with Crippen LogP contribution in [0.2, 0.25) is 0 Å². The molecule has 0 unspecified atom stereocenters. The Hall–Kier alpha value is -2.47. The molecule has 0 aliphatic carbocycles. The van der Waals surface area contributed by atoms with Crippen LogP contribution >= 0.6 is 12.6 Å². The summed E-state index contributed by atoms with van der Waals surface area (Å²) in [6.07, 6.45) is 2.44. The quantitative estimate of drug-likeness (QED) is 0.584. The number of hydrogen-bond acceptors (Lipinski definition) is 4. The number of likely N-dealkylation sites (N-methyl/N-ethyl adjacent to an activating group) is 1. The largest absolute Gasteiger partial charge is 0.497 e. The van der Waals surface area contributed by atoms with E-state index in [1.807, 2.05) is 43.3 Å². The van der Waals surface area contributed by atoms with Crippen LogP contribution in [0.3, 0.4) is 0 Å². The number of anilines is 1. The summed E-state index contributed by atoms with van der Waals surface area (Å²) in [5.41, 5.74) is 2.93. The van der Waals surface area contributed by atoms with Gasteiger partial charge in [0.2, 0.25) is 11.8 Å². The van der Waals surface area contributed by atoms with E-state index < -0.39 is 6.04 Å². The number of carbonyl (C=O) groups is 2. The van der Waals surface area contributed by atoms with Crippen molar-refractivity contribution in [1.82, 2.24) is 5.32 Å². The number of amides is 2. The van der Waals surface area contributed by atoms with Crippen molar-refractivity contribution >= 4 is 30.1 Å². The maximum Gasteiger partial charge on any atom is 0.249 e. The first-order valence-electron chi connectivity index (χ1n) is 9.88. The predicted octanol–water partition coefficient (Wildman–Crippen LogP) is 3.66. The second-order valence-electron chi connectivity index (χ2n) is 6.96. The van der Waals surface area contributed by atoms with Gasteiger partial charge in [-0.05, 0) is 54.0 Å². The van der Waals surface area contributed by atoms with Crippen LogP contribution in [0.15, 0.2) is 48.5 Å². The van der Waals surface area contributed by atoms with Gasteiger partial charge in [-0.2, -0.15) is 12.6 Å². The number of nitrogens with one attached hydrogen (secondary N) is 1. The summed E-state index contributed by atoms with van der Waals surface area (Å²) in [7, 11) is 3.32. The molecule has 2 aromatic rings. The maximum atomic E-state index is 13.2. The van der Waals surface area contributed by atoms with E-state index in [9.17, 15) is 9.59 Å². The van der Waals surface area contributed by atoms with Gasteiger partial charge in [0.15, 0.2) is 0 Å². The van der Waals surface area contributed by atoms with Crippen molar-refractivity contribution in [2.24, 2.45) is 0 Å². The van der Waals surface area contributed by atoms with Crippen molar-refractivity contribution in [2.75, 3.05) is 24.8 Å². The fourth-order valence-corrected chi connectivity index (χ4v) is 3.40. The van der Waals surface area contributed by atoms with Crippen LogP contribution in [-0.4, -0.2) is 37.8 Å². The third kappa shape index (κ3) is 6.82. The maximum absolute atomic E-state index is 13.2. The standard InChI is InChI=1S/C23H30N2O3S/c1-4-6-22(26)24-21(16-18-8-5-7-17(15-18)13-14-29)23(27)25(2)19-9-11-20(28-3)12-10-19/h5,7-12,15,21,29H,4,6,13-14,16H2,1-3H3,(H,24,26)/t21-/m0/s1. The molecule has 0 aliphatic rings. The van der Waals surface area contributed by atoms with E-state index in [-0.39, 0.29) is 11.8 Å². The first-order chi connectivity index (χ1) is 14.0. The Morgan fingerprint density at radius 1 is 1.14 bits per heavy atom. The van der Waals surface area contributed by atoms with Crippen LogP contribution in [0.5, 0.6) is 5.75 Å². The third-order valence-corrected chi connectivity index (χ3v) is 4.96. The van der Waals surface area contributed by atoms with Crippen LogP contribution in [0.4, 0.5) is 5.69 Å². The van der Waals surface area contributed by atoms with Gasteiger partial charge in [0.1, 0.15) is 11.8 Å². The highest BCUT2D eigenvalue weighted by atomic mass is 32.1. The number of hydrogen-bond donors (Lipinski definition) is 2. The molecule has 156 valence electrons. The van der Waals surface area contributed by atoms with E-state index in [2.05, 4.69) is 30.1 Å². The molecule has 0 aliphatic heterocycles. The minimum Gasteiger partial charge on any atom is -0.497 e. The summed E-state index contributed by atoms with van der Waals surface area (Å²) in [5, 5.41) is 2.92. The number of ether oxygens (including phenoxy) is 1. The molecular weight excluding hydrogens is 384 g/mol. The molecule has 0 heterocycles. The molecule has 6 heteroatoms. The second-order valence-corrected chi connectivity index (χ2v) is 7.41. The van der Waals surface area contributed by atoms with E-state index in [1.165, 1.54) is 5.56 Å². The van der Waals surface area contributed by atoms with E-state index in [1.54, 1.807) is 19.1 Å². The van der Waals surface area contributed by atoms with E-state index in [4.69, 9.17) is 4.74 Å². The highest BCUT2D eigenvalue weighted by molar-refractivity contribution is 7.80. The lowest BCUT2D eigenvalue weighted by Gasteiger charge is -2.25. The molecule has 0 aromatic heterocycles. The molecule has 2 rings (SSSR count). The monoisotopic (exact) mass is 414 g/mol. The molecule has 0 radical (unpaired) electrons.